The number of hydrogen-bond acceptors (Lipinski definition) is 5. The van der Waals surface area contributed by atoms with Gasteiger partial charge in [-0.1, -0.05) is 85.3 Å². The van der Waals surface area contributed by atoms with Gasteiger partial charge in [-0.2, -0.15) is 0 Å². The number of rotatable bonds is 12. The highest BCUT2D eigenvalue weighted by Gasteiger charge is 2.40. The zero-order valence-electron chi connectivity index (χ0n) is 23.3. The Bertz CT molecular complexity index is 1340. The maximum Gasteiger partial charge on any atom is 0.407 e. The van der Waals surface area contributed by atoms with Crippen molar-refractivity contribution in [1.82, 2.24) is 15.5 Å². The molecule has 0 radical (unpaired) electrons. The first-order valence-corrected chi connectivity index (χ1v) is 14.2. The van der Waals surface area contributed by atoms with Gasteiger partial charge in [0, 0.05) is 25.6 Å². The summed E-state index contributed by atoms with van der Waals surface area (Å²) in [6.45, 7) is 1.27. The number of nitrogens with one attached hydrogen (secondary N) is 2. The fourth-order valence-electron chi connectivity index (χ4n) is 6.06. The summed E-state index contributed by atoms with van der Waals surface area (Å²) >= 11 is 0. The van der Waals surface area contributed by atoms with E-state index in [-0.39, 0.29) is 37.9 Å². The van der Waals surface area contributed by atoms with Crippen molar-refractivity contribution in [3.63, 3.8) is 0 Å². The topological polar surface area (TPSA) is 108 Å². The number of carboxylic acid groups (broad SMARTS) is 1. The lowest BCUT2D eigenvalue weighted by Crippen LogP contribution is -2.54. The Hall–Kier alpha value is -4.17. The van der Waals surface area contributed by atoms with Gasteiger partial charge in [-0.05, 0) is 53.1 Å². The molecule has 8 nitrogen and oxygen atoms in total. The molecule has 2 aliphatic carbocycles. The molecule has 0 aliphatic heterocycles. The molecule has 1 unspecified atom stereocenters. The quantitative estimate of drug-likeness (QED) is 0.297. The summed E-state index contributed by atoms with van der Waals surface area (Å²) in [5, 5.41) is 15.1. The molecule has 0 heterocycles. The number of alkyl carbamates (subject to hydrolysis) is 1. The minimum Gasteiger partial charge on any atom is -0.481 e. The van der Waals surface area contributed by atoms with Gasteiger partial charge in [0.15, 0.2) is 0 Å². The van der Waals surface area contributed by atoms with Gasteiger partial charge in [0.1, 0.15) is 12.6 Å². The average molecular weight is 556 g/mol. The molecule has 41 heavy (non-hydrogen) atoms. The molecule has 214 valence electrons. The van der Waals surface area contributed by atoms with Crippen LogP contribution >= 0.6 is 0 Å². The van der Waals surface area contributed by atoms with E-state index in [9.17, 15) is 19.5 Å². The molecule has 1 atom stereocenters. The van der Waals surface area contributed by atoms with Crippen molar-refractivity contribution >= 4 is 18.0 Å². The van der Waals surface area contributed by atoms with Gasteiger partial charge >= 0.3 is 12.1 Å². The highest BCUT2D eigenvalue weighted by molar-refractivity contribution is 5.86. The molecular formula is C33H37N3O5. The van der Waals surface area contributed by atoms with Gasteiger partial charge in [0.25, 0.3) is 0 Å². The molecule has 0 spiro atoms. The monoisotopic (exact) mass is 555 g/mol. The third-order valence-electron chi connectivity index (χ3n) is 8.32. The molecular weight excluding hydrogens is 518 g/mol. The van der Waals surface area contributed by atoms with Crippen molar-refractivity contribution in [2.75, 3.05) is 26.7 Å². The molecule has 3 N–H and O–H groups in total. The van der Waals surface area contributed by atoms with Crippen LogP contribution in [0.15, 0.2) is 78.9 Å². The predicted molar refractivity (Wildman–Crippen MR) is 156 cm³/mol. The number of nitrogens with zero attached hydrogens (tertiary/aromatic N) is 1. The predicted octanol–water partition coefficient (Wildman–Crippen LogP) is 4.79. The van der Waals surface area contributed by atoms with Gasteiger partial charge in [-0.15, -0.1) is 0 Å². The fraction of sp³-hybridized carbons (Fsp3) is 0.364. The maximum absolute atomic E-state index is 13.4. The smallest absolute Gasteiger partial charge is 0.407 e. The van der Waals surface area contributed by atoms with Crippen molar-refractivity contribution in [3.8, 4) is 11.1 Å². The number of hydrogen-bond donors (Lipinski definition) is 3. The second-order valence-electron chi connectivity index (χ2n) is 11.3. The third-order valence-corrected chi connectivity index (χ3v) is 8.32. The van der Waals surface area contributed by atoms with Crippen molar-refractivity contribution in [3.05, 3.63) is 95.6 Å². The van der Waals surface area contributed by atoms with Crippen LogP contribution in [0.3, 0.4) is 0 Å². The standard InChI is InChI=1S/C33H37N3O5/c1-36(19-23-10-3-2-4-11-23)20-29(31(39)34-22-33(16-9-17-33)18-30(37)38)35-32(40)41-21-28-26-14-7-5-12-24(26)25-13-6-8-15-27(25)28/h2-8,10-15,28-29H,9,16-22H2,1H3,(H,34,39)(H,35,40)(H,37,38). The first-order chi connectivity index (χ1) is 19.8. The second kappa shape index (κ2) is 12.6. The summed E-state index contributed by atoms with van der Waals surface area (Å²) in [7, 11) is 1.89. The summed E-state index contributed by atoms with van der Waals surface area (Å²) in [4.78, 5) is 39.8. The van der Waals surface area contributed by atoms with Crippen LogP contribution in [0.1, 0.15) is 48.3 Å². The highest BCUT2D eigenvalue weighted by atomic mass is 16.5. The van der Waals surface area contributed by atoms with E-state index in [0.29, 0.717) is 6.54 Å². The fourth-order valence-corrected chi connectivity index (χ4v) is 6.06. The zero-order valence-corrected chi connectivity index (χ0v) is 23.3. The Morgan fingerprint density at radius 3 is 2.15 bits per heavy atom. The third kappa shape index (κ3) is 6.77. The van der Waals surface area contributed by atoms with Crippen molar-refractivity contribution in [2.24, 2.45) is 5.41 Å². The zero-order chi connectivity index (χ0) is 28.8. The minimum atomic E-state index is -0.874. The maximum atomic E-state index is 13.4. The summed E-state index contributed by atoms with van der Waals surface area (Å²) in [6, 6.07) is 25.3. The number of carboxylic acids is 1. The molecule has 8 heteroatoms. The molecule has 0 aromatic heterocycles. The Labute approximate surface area is 240 Å². The molecule has 5 rings (SSSR count). The summed E-state index contributed by atoms with van der Waals surface area (Å²) in [5.74, 6) is -1.30. The lowest BCUT2D eigenvalue weighted by atomic mass is 9.66. The number of likely N-dealkylation sites (N-methyl/N-ethyl adjacent to an activating group) is 1. The van der Waals surface area contributed by atoms with Gasteiger partial charge in [0.05, 0.1) is 6.42 Å². The van der Waals surface area contributed by atoms with Crippen LogP contribution in [0.4, 0.5) is 4.79 Å². The number of aliphatic carboxylic acids is 1. The SMILES string of the molecule is CN(Cc1ccccc1)CC(NC(=O)OCC1c2ccccc2-c2ccccc21)C(=O)NCC1(CC(=O)O)CCC1. The molecule has 0 saturated heterocycles. The Morgan fingerprint density at radius 2 is 1.56 bits per heavy atom. The summed E-state index contributed by atoms with van der Waals surface area (Å²) in [6.07, 6.45) is 1.83. The van der Waals surface area contributed by atoms with Crippen molar-refractivity contribution in [1.29, 1.82) is 0 Å². The molecule has 0 bridgehead atoms. The van der Waals surface area contributed by atoms with Crippen LogP contribution in [0.5, 0.6) is 0 Å². The van der Waals surface area contributed by atoms with Gasteiger partial charge in [-0.3, -0.25) is 14.5 Å². The molecule has 2 amide bonds. The Morgan fingerprint density at radius 1 is 0.951 bits per heavy atom. The lowest BCUT2D eigenvalue weighted by molar-refractivity contribution is -0.142. The molecule has 1 saturated carbocycles. The van der Waals surface area contributed by atoms with Gasteiger partial charge in [0.2, 0.25) is 5.91 Å². The van der Waals surface area contributed by atoms with Gasteiger partial charge < -0.3 is 20.5 Å². The molecule has 3 aromatic rings. The second-order valence-corrected chi connectivity index (χ2v) is 11.3. The van der Waals surface area contributed by atoms with E-state index in [1.807, 2.05) is 66.5 Å². The van der Waals surface area contributed by atoms with Crippen molar-refractivity contribution in [2.45, 2.75) is 44.2 Å². The van der Waals surface area contributed by atoms with Gasteiger partial charge in [-0.25, -0.2) is 4.79 Å². The summed E-state index contributed by atoms with van der Waals surface area (Å²) < 4.78 is 5.72. The highest BCUT2D eigenvalue weighted by Crippen LogP contribution is 2.45. The average Bonchev–Trinajstić information content (AvgIpc) is 3.26. The number of benzene rings is 3. The Balaban J connectivity index is 1.24. The molecule has 1 fully saturated rings. The van der Waals surface area contributed by atoms with Crippen LogP contribution in [-0.2, 0) is 20.9 Å². The largest absolute Gasteiger partial charge is 0.481 e. The van der Waals surface area contributed by atoms with E-state index in [1.54, 1.807) is 0 Å². The number of carbonyl (C=O) groups excluding carboxylic acids is 2. The van der Waals surface area contributed by atoms with Crippen LogP contribution in [0.2, 0.25) is 0 Å². The first kappa shape index (κ1) is 28.4. The summed E-state index contributed by atoms with van der Waals surface area (Å²) in [5.41, 5.74) is 5.17. The van der Waals surface area contributed by atoms with Crippen molar-refractivity contribution < 1.29 is 24.2 Å². The van der Waals surface area contributed by atoms with E-state index >= 15 is 0 Å². The van der Waals surface area contributed by atoms with E-state index in [4.69, 9.17) is 4.74 Å². The normalized spacial score (nSPS) is 15.8. The van der Waals surface area contributed by atoms with Crippen LogP contribution in [-0.4, -0.2) is 60.8 Å². The van der Waals surface area contributed by atoms with Crippen LogP contribution in [0, 0.1) is 5.41 Å². The van der Waals surface area contributed by atoms with E-state index in [1.165, 1.54) is 0 Å². The number of ether oxygens (including phenoxy) is 1. The first-order valence-electron chi connectivity index (χ1n) is 14.2. The lowest BCUT2D eigenvalue weighted by Gasteiger charge is -2.41. The van der Waals surface area contributed by atoms with E-state index in [2.05, 4.69) is 34.9 Å². The van der Waals surface area contributed by atoms with Crippen LogP contribution in [0.25, 0.3) is 11.1 Å². The minimum absolute atomic E-state index is 0.0195. The number of carbonyl (C=O) groups is 3. The Kier molecular flexibility index (Phi) is 8.69. The van der Waals surface area contributed by atoms with E-state index < -0.39 is 23.5 Å². The number of amides is 2. The number of fused-ring (bicyclic) bond motifs is 3. The van der Waals surface area contributed by atoms with E-state index in [0.717, 1.165) is 47.1 Å². The molecule has 2 aliphatic rings. The van der Waals surface area contributed by atoms with Crippen LogP contribution < -0.4 is 10.6 Å². The molecule has 3 aromatic carbocycles.